The molecule has 0 amide bonds. The van der Waals surface area contributed by atoms with E-state index in [1.54, 1.807) is 11.7 Å². The van der Waals surface area contributed by atoms with Crippen LogP contribution in [0.3, 0.4) is 0 Å². The minimum atomic E-state index is 0.0106. The van der Waals surface area contributed by atoms with Crippen molar-refractivity contribution in [2.75, 3.05) is 0 Å². The molecule has 102 valence electrons. The topological polar surface area (TPSA) is 60.7 Å². The first kappa shape index (κ1) is 14.1. The van der Waals surface area contributed by atoms with E-state index >= 15 is 0 Å². The zero-order valence-electron chi connectivity index (χ0n) is 11.1. The monoisotopic (exact) mass is 298 g/mol. The number of carbonyl (C=O) groups excluding carboxylic acids is 1. The Labute approximate surface area is 120 Å². The number of carbonyl (C=O) groups is 1. The van der Waals surface area contributed by atoms with Gasteiger partial charge in [0.05, 0.1) is 11.4 Å². The van der Waals surface area contributed by atoms with E-state index in [2.05, 4.69) is 21.6 Å². The molecule has 0 spiro atoms. The zero-order chi connectivity index (χ0) is 14.0. The number of Topliss-reactive ketones (excluding diaryl/α,β-unsaturated/α-hetero) is 1. The van der Waals surface area contributed by atoms with Gasteiger partial charge in [-0.25, -0.2) is 0 Å². The van der Waals surface area contributed by atoms with Crippen LogP contribution in [-0.2, 0) is 19.9 Å². The summed E-state index contributed by atoms with van der Waals surface area (Å²) in [5.41, 5.74) is 2.36. The fourth-order valence-corrected chi connectivity index (χ4v) is 2.82. The molecule has 0 aromatic carbocycles. The summed E-state index contributed by atoms with van der Waals surface area (Å²) in [6, 6.07) is 0. The van der Waals surface area contributed by atoms with E-state index in [9.17, 15) is 4.79 Å². The molecule has 0 saturated carbocycles. The molecule has 2 heterocycles. The number of nitrogens with zero attached hydrogens (tertiary/aromatic N) is 4. The summed E-state index contributed by atoms with van der Waals surface area (Å²) in [6.45, 7) is 3.90. The van der Waals surface area contributed by atoms with E-state index in [1.807, 2.05) is 6.92 Å². The number of rotatable bonds is 5. The number of halogens is 1. The van der Waals surface area contributed by atoms with Crippen molar-refractivity contribution in [3.8, 4) is 0 Å². The molecule has 2 aromatic heterocycles. The van der Waals surface area contributed by atoms with E-state index in [0.717, 1.165) is 41.3 Å². The second kappa shape index (κ2) is 5.79. The van der Waals surface area contributed by atoms with Crippen molar-refractivity contribution in [3.05, 3.63) is 27.0 Å². The summed E-state index contributed by atoms with van der Waals surface area (Å²) in [7, 11) is 1.76. The minimum Gasteiger partial charge on any atom is -0.293 e. The Morgan fingerprint density at radius 2 is 2.21 bits per heavy atom. The quantitative estimate of drug-likeness (QED) is 0.796. The van der Waals surface area contributed by atoms with Crippen LogP contribution in [0.4, 0.5) is 0 Å². The number of ketones is 1. The summed E-state index contributed by atoms with van der Waals surface area (Å²) in [5.74, 6) is 0.0106. The molecule has 2 aromatic rings. The Balaban J connectivity index is 2.23. The van der Waals surface area contributed by atoms with E-state index < -0.39 is 0 Å². The molecule has 0 N–H and O–H groups in total. The fraction of sp³-hybridized carbons (Fsp3) is 0.500. The van der Waals surface area contributed by atoms with Gasteiger partial charge in [-0.3, -0.25) is 9.48 Å². The van der Waals surface area contributed by atoms with Gasteiger partial charge in [0.2, 0.25) is 0 Å². The second-order valence-electron chi connectivity index (χ2n) is 4.38. The maximum atomic E-state index is 12.3. The van der Waals surface area contributed by atoms with Gasteiger partial charge >= 0.3 is 0 Å². The molecule has 0 atom stereocenters. The molecule has 0 aliphatic heterocycles. The van der Waals surface area contributed by atoms with Crippen LogP contribution >= 0.6 is 23.1 Å². The van der Waals surface area contributed by atoms with Gasteiger partial charge in [-0.1, -0.05) is 29.4 Å². The molecular weight excluding hydrogens is 284 g/mol. The number of hydrogen-bond acceptors (Lipinski definition) is 5. The van der Waals surface area contributed by atoms with Crippen LogP contribution in [0.15, 0.2) is 0 Å². The van der Waals surface area contributed by atoms with Crippen LogP contribution in [0.25, 0.3) is 0 Å². The molecule has 0 saturated heterocycles. The van der Waals surface area contributed by atoms with Gasteiger partial charge < -0.3 is 0 Å². The Kier molecular flexibility index (Phi) is 4.31. The van der Waals surface area contributed by atoms with Crippen LogP contribution < -0.4 is 0 Å². The predicted octanol–water partition coefficient (Wildman–Crippen LogP) is 2.61. The van der Waals surface area contributed by atoms with Crippen molar-refractivity contribution in [2.45, 2.75) is 33.1 Å². The molecule has 0 aliphatic carbocycles. The van der Waals surface area contributed by atoms with E-state index in [0.29, 0.717) is 10.0 Å². The first-order chi connectivity index (χ1) is 9.04. The average molecular weight is 299 g/mol. The lowest BCUT2D eigenvalue weighted by Crippen LogP contribution is -2.06. The summed E-state index contributed by atoms with van der Waals surface area (Å²) >= 11 is 7.30. The van der Waals surface area contributed by atoms with Crippen molar-refractivity contribution in [1.29, 1.82) is 0 Å². The number of hydrogen-bond donors (Lipinski definition) is 0. The summed E-state index contributed by atoms with van der Waals surface area (Å²) in [6.07, 6.45) is 1.97. The Bertz CT molecular complexity index is 605. The van der Waals surface area contributed by atoms with E-state index in [1.165, 1.54) is 0 Å². The third kappa shape index (κ3) is 2.84. The van der Waals surface area contributed by atoms with Gasteiger partial charge in [0.1, 0.15) is 10.0 Å². The maximum absolute atomic E-state index is 12.3. The smallest absolute Gasteiger partial charge is 0.180 e. The van der Waals surface area contributed by atoms with Crippen molar-refractivity contribution >= 4 is 28.9 Å². The lowest BCUT2D eigenvalue weighted by Gasteiger charge is -2.00. The van der Waals surface area contributed by atoms with Crippen LogP contribution in [0, 0.1) is 6.92 Å². The summed E-state index contributed by atoms with van der Waals surface area (Å²) in [5, 5.41) is 8.74. The van der Waals surface area contributed by atoms with Gasteiger partial charge in [-0.2, -0.15) is 5.10 Å². The van der Waals surface area contributed by atoms with Crippen molar-refractivity contribution < 1.29 is 4.79 Å². The molecule has 0 aliphatic rings. The van der Waals surface area contributed by atoms with Crippen molar-refractivity contribution in [2.24, 2.45) is 7.05 Å². The van der Waals surface area contributed by atoms with E-state index in [4.69, 9.17) is 11.6 Å². The van der Waals surface area contributed by atoms with Crippen molar-refractivity contribution in [3.63, 3.8) is 0 Å². The molecule has 19 heavy (non-hydrogen) atoms. The van der Waals surface area contributed by atoms with Gasteiger partial charge in [0.25, 0.3) is 0 Å². The highest BCUT2D eigenvalue weighted by molar-refractivity contribution is 7.08. The highest BCUT2D eigenvalue weighted by Gasteiger charge is 2.20. The third-order valence-corrected chi connectivity index (χ3v) is 4.18. The molecule has 7 heteroatoms. The SMILES string of the molecule is CCCc1nnsc1C(=O)Cc1c(C)nn(C)c1Cl. The molecule has 5 nitrogen and oxygen atoms in total. The molecule has 2 rings (SSSR count). The third-order valence-electron chi connectivity index (χ3n) is 2.90. The highest BCUT2D eigenvalue weighted by Crippen LogP contribution is 2.22. The van der Waals surface area contributed by atoms with Gasteiger partial charge in [-0.15, -0.1) is 5.10 Å². The first-order valence-electron chi connectivity index (χ1n) is 6.07. The van der Waals surface area contributed by atoms with Crippen molar-refractivity contribution in [1.82, 2.24) is 19.4 Å². The Hall–Kier alpha value is -1.27. The molecule has 0 bridgehead atoms. The molecule has 0 radical (unpaired) electrons. The first-order valence-corrected chi connectivity index (χ1v) is 7.22. The molecular formula is C12H15ClN4OS. The van der Waals surface area contributed by atoms with Crippen LogP contribution in [0.1, 0.15) is 40.0 Å². The normalized spacial score (nSPS) is 10.9. The Morgan fingerprint density at radius 1 is 1.47 bits per heavy atom. The van der Waals surface area contributed by atoms with Gasteiger partial charge in [-0.05, 0) is 24.9 Å². The lowest BCUT2D eigenvalue weighted by atomic mass is 10.1. The van der Waals surface area contributed by atoms with E-state index in [-0.39, 0.29) is 12.2 Å². The minimum absolute atomic E-state index is 0.0106. The second-order valence-corrected chi connectivity index (χ2v) is 5.49. The predicted molar refractivity (Wildman–Crippen MR) is 74.9 cm³/mol. The van der Waals surface area contributed by atoms with Gasteiger partial charge in [0, 0.05) is 19.0 Å². The Morgan fingerprint density at radius 3 is 2.79 bits per heavy atom. The number of aromatic nitrogens is 4. The summed E-state index contributed by atoms with van der Waals surface area (Å²) < 4.78 is 5.45. The number of aryl methyl sites for hydroxylation is 3. The maximum Gasteiger partial charge on any atom is 0.180 e. The van der Waals surface area contributed by atoms with Gasteiger partial charge in [0.15, 0.2) is 5.78 Å². The summed E-state index contributed by atoms with van der Waals surface area (Å²) in [4.78, 5) is 13.0. The average Bonchev–Trinajstić information content (AvgIpc) is 2.91. The highest BCUT2D eigenvalue weighted by atomic mass is 35.5. The van der Waals surface area contributed by atoms with Crippen LogP contribution in [-0.4, -0.2) is 25.2 Å². The molecule has 0 fully saturated rings. The van der Waals surface area contributed by atoms with Crippen LogP contribution in [0.2, 0.25) is 5.15 Å². The fourth-order valence-electron chi connectivity index (χ4n) is 1.94. The zero-order valence-corrected chi connectivity index (χ0v) is 12.7. The standard InChI is InChI=1S/C12H15ClN4OS/c1-4-5-9-11(19-16-14-9)10(18)6-8-7(2)15-17(3)12(8)13/h4-6H2,1-3H3. The molecule has 0 unspecified atom stereocenters. The lowest BCUT2D eigenvalue weighted by molar-refractivity contribution is 0.0995. The van der Waals surface area contributed by atoms with Crippen LogP contribution in [0.5, 0.6) is 0 Å². The largest absolute Gasteiger partial charge is 0.293 e.